The molecule has 2 aromatic carbocycles. The molecule has 4 rings (SSSR count). The number of fused-ring (bicyclic) bond motifs is 3. The highest BCUT2D eigenvalue weighted by Gasteiger charge is 2.41. The van der Waals surface area contributed by atoms with E-state index in [1.165, 1.54) is 47.9 Å². The third-order valence-corrected chi connectivity index (χ3v) is 7.20. The van der Waals surface area contributed by atoms with Gasteiger partial charge in [-0.2, -0.15) is 0 Å². The Balaban J connectivity index is 1.68. The second-order valence-corrected chi connectivity index (χ2v) is 9.00. The first kappa shape index (κ1) is 19.4. The van der Waals surface area contributed by atoms with Gasteiger partial charge in [-0.1, -0.05) is 88.8 Å². The quantitative estimate of drug-likeness (QED) is 0.432. The molecule has 0 saturated heterocycles. The van der Waals surface area contributed by atoms with Crippen molar-refractivity contribution >= 4 is 5.78 Å². The minimum absolute atomic E-state index is 0.0805. The molecular formula is C27H34O. The lowest BCUT2D eigenvalue weighted by Crippen LogP contribution is -2.25. The van der Waals surface area contributed by atoms with Crippen molar-refractivity contribution < 1.29 is 4.79 Å². The standard InChI is InChI=1S/C27H34O/c1-3-17-27(18-4-2)24-12-8-7-11-22(24)23-15-14-21(19-25(23)27)26(28)16-13-20-9-5-6-10-20/h7-8,11-12,14-15,19-20H,3-6,9-10,13,16-18H2,1-2H3. The molecule has 0 aliphatic heterocycles. The largest absolute Gasteiger partial charge is 0.294 e. The molecule has 2 aliphatic carbocycles. The number of rotatable bonds is 8. The monoisotopic (exact) mass is 374 g/mol. The lowest BCUT2D eigenvalue weighted by atomic mass is 9.71. The molecule has 0 amide bonds. The number of carbonyl (C=O) groups is 1. The van der Waals surface area contributed by atoms with E-state index in [2.05, 4.69) is 56.3 Å². The Bertz CT molecular complexity index is 835. The van der Waals surface area contributed by atoms with Crippen LogP contribution < -0.4 is 0 Å². The van der Waals surface area contributed by atoms with Crippen LogP contribution in [0.4, 0.5) is 0 Å². The third-order valence-electron chi connectivity index (χ3n) is 7.20. The Morgan fingerprint density at radius 2 is 1.61 bits per heavy atom. The molecular weight excluding hydrogens is 340 g/mol. The van der Waals surface area contributed by atoms with Gasteiger partial charge in [-0.15, -0.1) is 0 Å². The highest BCUT2D eigenvalue weighted by molar-refractivity contribution is 5.97. The number of ketones is 1. The maximum absolute atomic E-state index is 13.0. The molecule has 0 bridgehead atoms. The fraction of sp³-hybridized carbons (Fsp3) is 0.519. The summed E-state index contributed by atoms with van der Waals surface area (Å²) in [5, 5.41) is 0. The van der Waals surface area contributed by atoms with E-state index < -0.39 is 0 Å². The van der Waals surface area contributed by atoms with Gasteiger partial charge in [0.05, 0.1) is 0 Å². The summed E-state index contributed by atoms with van der Waals surface area (Å²) < 4.78 is 0. The Kier molecular flexibility index (Phi) is 5.71. The van der Waals surface area contributed by atoms with Crippen LogP contribution in [0.1, 0.15) is 99.5 Å². The zero-order valence-electron chi connectivity index (χ0n) is 17.6. The van der Waals surface area contributed by atoms with Crippen LogP contribution in [0.15, 0.2) is 42.5 Å². The van der Waals surface area contributed by atoms with Crippen LogP contribution in [0.25, 0.3) is 11.1 Å². The first-order valence-corrected chi connectivity index (χ1v) is 11.5. The van der Waals surface area contributed by atoms with Crippen molar-refractivity contribution in [2.24, 2.45) is 5.92 Å². The second kappa shape index (κ2) is 8.23. The molecule has 0 N–H and O–H groups in total. The van der Waals surface area contributed by atoms with Crippen LogP contribution in [0.5, 0.6) is 0 Å². The summed E-state index contributed by atoms with van der Waals surface area (Å²) in [6, 6.07) is 15.5. The van der Waals surface area contributed by atoms with E-state index in [0.29, 0.717) is 12.2 Å². The predicted molar refractivity (Wildman–Crippen MR) is 118 cm³/mol. The second-order valence-electron chi connectivity index (χ2n) is 9.00. The topological polar surface area (TPSA) is 17.1 Å². The first-order chi connectivity index (χ1) is 13.7. The van der Waals surface area contributed by atoms with Crippen molar-refractivity contribution in [1.29, 1.82) is 0 Å². The summed E-state index contributed by atoms with van der Waals surface area (Å²) in [6.07, 6.45) is 11.8. The minimum atomic E-state index is 0.0805. The zero-order chi connectivity index (χ0) is 19.6. The molecule has 1 heteroatoms. The molecule has 0 spiro atoms. The average molecular weight is 375 g/mol. The van der Waals surface area contributed by atoms with Gasteiger partial charge in [0.25, 0.3) is 0 Å². The van der Waals surface area contributed by atoms with Gasteiger partial charge >= 0.3 is 0 Å². The Morgan fingerprint density at radius 3 is 2.32 bits per heavy atom. The highest BCUT2D eigenvalue weighted by atomic mass is 16.1. The fourth-order valence-corrected chi connectivity index (χ4v) is 5.92. The lowest BCUT2D eigenvalue weighted by molar-refractivity contribution is 0.0973. The van der Waals surface area contributed by atoms with E-state index >= 15 is 0 Å². The summed E-state index contributed by atoms with van der Waals surface area (Å²) in [6.45, 7) is 4.57. The molecule has 0 atom stereocenters. The van der Waals surface area contributed by atoms with Crippen molar-refractivity contribution in [2.45, 2.75) is 83.5 Å². The van der Waals surface area contributed by atoms with Crippen molar-refractivity contribution in [3.63, 3.8) is 0 Å². The average Bonchev–Trinajstić information content (AvgIpc) is 3.33. The number of hydrogen-bond donors (Lipinski definition) is 0. The number of benzene rings is 2. The van der Waals surface area contributed by atoms with E-state index in [0.717, 1.165) is 43.6 Å². The van der Waals surface area contributed by atoms with Gasteiger partial charge in [0.15, 0.2) is 5.78 Å². The molecule has 1 nitrogen and oxygen atoms in total. The number of carbonyl (C=O) groups excluding carboxylic acids is 1. The van der Waals surface area contributed by atoms with Crippen LogP contribution in [0.2, 0.25) is 0 Å². The van der Waals surface area contributed by atoms with Gasteiger partial charge in [0, 0.05) is 17.4 Å². The third kappa shape index (κ3) is 3.34. The molecule has 2 aromatic rings. The summed E-state index contributed by atoms with van der Waals surface area (Å²) in [7, 11) is 0. The Labute approximate surface area is 170 Å². The Morgan fingerprint density at radius 1 is 0.929 bits per heavy atom. The van der Waals surface area contributed by atoms with Crippen LogP contribution in [-0.2, 0) is 5.41 Å². The molecule has 28 heavy (non-hydrogen) atoms. The molecule has 1 saturated carbocycles. The van der Waals surface area contributed by atoms with E-state index in [9.17, 15) is 4.79 Å². The van der Waals surface area contributed by atoms with Crippen molar-refractivity contribution in [1.82, 2.24) is 0 Å². The lowest BCUT2D eigenvalue weighted by Gasteiger charge is -2.32. The van der Waals surface area contributed by atoms with Gasteiger partial charge in [0.2, 0.25) is 0 Å². The molecule has 148 valence electrons. The van der Waals surface area contributed by atoms with Crippen LogP contribution in [0, 0.1) is 5.92 Å². The molecule has 1 fully saturated rings. The maximum atomic E-state index is 13.0. The van der Waals surface area contributed by atoms with Crippen LogP contribution >= 0.6 is 0 Å². The molecule has 0 aromatic heterocycles. The summed E-state index contributed by atoms with van der Waals surface area (Å²) >= 11 is 0. The molecule has 2 aliphatic rings. The number of Topliss-reactive ketones (excluding diaryl/α,β-unsaturated/α-hetero) is 1. The van der Waals surface area contributed by atoms with Gasteiger partial charge in [-0.25, -0.2) is 0 Å². The molecule has 0 radical (unpaired) electrons. The predicted octanol–water partition coefficient (Wildman–Crippen LogP) is 7.71. The maximum Gasteiger partial charge on any atom is 0.162 e. The molecule has 0 unspecified atom stereocenters. The van der Waals surface area contributed by atoms with Gasteiger partial charge in [-0.05, 0) is 53.5 Å². The fourth-order valence-electron chi connectivity index (χ4n) is 5.92. The van der Waals surface area contributed by atoms with E-state index in [-0.39, 0.29) is 5.41 Å². The van der Waals surface area contributed by atoms with Gasteiger partial charge in [0.1, 0.15) is 0 Å². The van der Waals surface area contributed by atoms with Crippen LogP contribution in [-0.4, -0.2) is 5.78 Å². The summed E-state index contributed by atoms with van der Waals surface area (Å²) in [5.74, 6) is 1.12. The molecule has 0 heterocycles. The van der Waals surface area contributed by atoms with E-state index in [1.54, 1.807) is 0 Å². The minimum Gasteiger partial charge on any atom is -0.294 e. The summed E-state index contributed by atoms with van der Waals surface area (Å²) in [4.78, 5) is 13.0. The Hall–Kier alpha value is -1.89. The van der Waals surface area contributed by atoms with E-state index in [4.69, 9.17) is 0 Å². The van der Waals surface area contributed by atoms with Crippen molar-refractivity contribution in [3.8, 4) is 11.1 Å². The van der Waals surface area contributed by atoms with E-state index in [1.807, 2.05) is 0 Å². The normalized spacial score (nSPS) is 17.5. The van der Waals surface area contributed by atoms with Crippen molar-refractivity contribution in [2.75, 3.05) is 0 Å². The number of hydrogen-bond acceptors (Lipinski definition) is 1. The van der Waals surface area contributed by atoms with Gasteiger partial charge < -0.3 is 0 Å². The van der Waals surface area contributed by atoms with Crippen molar-refractivity contribution in [3.05, 3.63) is 59.2 Å². The van der Waals surface area contributed by atoms with Crippen LogP contribution in [0.3, 0.4) is 0 Å². The van der Waals surface area contributed by atoms with Gasteiger partial charge in [-0.3, -0.25) is 4.79 Å². The SMILES string of the molecule is CCCC1(CCC)c2ccccc2-c2ccc(C(=O)CCC3CCCC3)cc21. The smallest absolute Gasteiger partial charge is 0.162 e. The first-order valence-electron chi connectivity index (χ1n) is 11.5. The zero-order valence-corrected chi connectivity index (χ0v) is 17.6. The summed E-state index contributed by atoms with van der Waals surface area (Å²) in [5.41, 5.74) is 6.63. The highest BCUT2D eigenvalue weighted by Crippen LogP contribution is 2.53.